The Bertz CT molecular complexity index is 392. The maximum atomic E-state index is 11.5. The summed E-state index contributed by atoms with van der Waals surface area (Å²) in [5, 5.41) is 18.0. The van der Waals surface area contributed by atoms with E-state index in [0.717, 1.165) is 12.8 Å². The number of nitrogens with zero attached hydrogens (tertiary/aromatic N) is 1. The van der Waals surface area contributed by atoms with Crippen LogP contribution in [0.15, 0.2) is 11.1 Å². The lowest BCUT2D eigenvalue weighted by Crippen LogP contribution is -2.23. The normalized spacial score (nSPS) is 22.5. The SMILES string of the molecule is CCOC(=O)C(C#N)=C1CCCCC1C(=O)O. The molecule has 0 aromatic carbocycles. The van der Waals surface area contributed by atoms with Gasteiger partial charge in [0.25, 0.3) is 0 Å². The molecule has 0 bridgehead atoms. The van der Waals surface area contributed by atoms with E-state index in [1.54, 1.807) is 13.0 Å². The van der Waals surface area contributed by atoms with Crippen LogP contribution in [0.4, 0.5) is 0 Å². The molecule has 17 heavy (non-hydrogen) atoms. The second-order valence-electron chi connectivity index (χ2n) is 3.87. The Labute approximate surface area is 99.7 Å². The van der Waals surface area contributed by atoms with E-state index < -0.39 is 17.9 Å². The van der Waals surface area contributed by atoms with Gasteiger partial charge in [-0.1, -0.05) is 6.42 Å². The Morgan fingerprint density at radius 1 is 1.53 bits per heavy atom. The van der Waals surface area contributed by atoms with Crippen molar-refractivity contribution >= 4 is 11.9 Å². The average Bonchev–Trinajstić information content (AvgIpc) is 2.31. The number of carbonyl (C=O) groups is 2. The lowest BCUT2D eigenvalue weighted by molar-refractivity contribution is -0.141. The summed E-state index contributed by atoms with van der Waals surface area (Å²) in [6, 6.07) is 1.78. The molecule has 0 aromatic rings. The van der Waals surface area contributed by atoms with Gasteiger partial charge in [0, 0.05) is 0 Å². The number of carboxylic acid groups (broad SMARTS) is 1. The Kier molecular flexibility index (Phi) is 4.70. The fourth-order valence-electron chi connectivity index (χ4n) is 2.04. The first-order valence-electron chi connectivity index (χ1n) is 5.64. The molecule has 5 nitrogen and oxygen atoms in total. The van der Waals surface area contributed by atoms with Crippen LogP contribution in [0.2, 0.25) is 0 Å². The standard InChI is InChI=1S/C12H15NO4/c1-2-17-12(16)10(7-13)8-5-3-4-6-9(8)11(14)15/h9H,2-6H2,1H3,(H,14,15). The molecule has 5 heteroatoms. The third-order valence-corrected chi connectivity index (χ3v) is 2.82. The summed E-state index contributed by atoms with van der Waals surface area (Å²) < 4.78 is 4.76. The smallest absolute Gasteiger partial charge is 0.348 e. The number of nitriles is 1. The molecule has 1 unspecified atom stereocenters. The zero-order valence-corrected chi connectivity index (χ0v) is 9.73. The van der Waals surface area contributed by atoms with Crippen molar-refractivity contribution in [3.63, 3.8) is 0 Å². The molecule has 0 aromatic heterocycles. The third-order valence-electron chi connectivity index (χ3n) is 2.82. The lowest BCUT2D eigenvalue weighted by atomic mass is 9.81. The molecule has 92 valence electrons. The first-order valence-corrected chi connectivity index (χ1v) is 5.64. The minimum atomic E-state index is -0.975. The summed E-state index contributed by atoms with van der Waals surface area (Å²) in [5.74, 6) is -2.40. The highest BCUT2D eigenvalue weighted by molar-refractivity contribution is 5.95. The minimum Gasteiger partial charge on any atom is -0.481 e. The van der Waals surface area contributed by atoms with E-state index in [2.05, 4.69) is 0 Å². The highest BCUT2D eigenvalue weighted by Gasteiger charge is 2.30. The number of rotatable bonds is 3. The largest absolute Gasteiger partial charge is 0.481 e. The zero-order valence-electron chi connectivity index (χ0n) is 9.73. The predicted molar refractivity (Wildman–Crippen MR) is 58.9 cm³/mol. The van der Waals surface area contributed by atoms with Crippen LogP contribution in [0, 0.1) is 17.2 Å². The quantitative estimate of drug-likeness (QED) is 0.458. The molecular weight excluding hydrogens is 222 g/mol. The number of hydrogen-bond acceptors (Lipinski definition) is 4. The molecule has 1 atom stereocenters. The van der Waals surface area contributed by atoms with Crippen molar-refractivity contribution in [2.45, 2.75) is 32.6 Å². The van der Waals surface area contributed by atoms with Crippen LogP contribution in [0.25, 0.3) is 0 Å². The summed E-state index contributed by atoms with van der Waals surface area (Å²) in [7, 11) is 0. The van der Waals surface area contributed by atoms with Gasteiger partial charge in [-0.3, -0.25) is 4.79 Å². The highest BCUT2D eigenvalue weighted by Crippen LogP contribution is 2.32. The van der Waals surface area contributed by atoms with E-state index in [1.165, 1.54) is 0 Å². The number of carbonyl (C=O) groups excluding carboxylic acids is 1. The second kappa shape index (κ2) is 6.04. The number of esters is 1. The summed E-state index contributed by atoms with van der Waals surface area (Å²) in [6.07, 6.45) is 2.58. The molecule has 1 fully saturated rings. The molecule has 1 aliphatic rings. The lowest BCUT2D eigenvalue weighted by Gasteiger charge is -2.22. The molecule has 1 aliphatic carbocycles. The van der Waals surface area contributed by atoms with Gasteiger partial charge in [-0.05, 0) is 31.8 Å². The van der Waals surface area contributed by atoms with Crippen LogP contribution < -0.4 is 0 Å². The van der Waals surface area contributed by atoms with Crippen LogP contribution >= 0.6 is 0 Å². The van der Waals surface area contributed by atoms with E-state index >= 15 is 0 Å². The van der Waals surface area contributed by atoms with Crippen LogP contribution in [0.3, 0.4) is 0 Å². The first kappa shape index (κ1) is 13.2. The molecule has 0 saturated heterocycles. The maximum absolute atomic E-state index is 11.5. The second-order valence-corrected chi connectivity index (χ2v) is 3.87. The van der Waals surface area contributed by atoms with Gasteiger partial charge in [-0.15, -0.1) is 0 Å². The Morgan fingerprint density at radius 2 is 2.24 bits per heavy atom. The minimum absolute atomic E-state index is 0.126. The van der Waals surface area contributed by atoms with E-state index in [4.69, 9.17) is 15.1 Å². The van der Waals surface area contributed by atoms with Gasteiger partial charge in [0.05, 0.1) is 12.5 Å². The van der Waals surface area contributed by atoms with Crippen molar-refractivity contribution in [3.8, 4) is 6.07 Å². The Morgan fingerprint density at radius 3 is 2.76 bits per heavy atom. The van der Waals surface area contributed by atoms with Crippen LogP contribution in [-0.4, -0.2) is 23.7 Å². The van der Waals surface area contributed by atoms with Crippen LogP contribution in [-0.2, 0) is 14.3 Å². The van der Waals surface area contributed by atoms with E-state index in [0.29, 0.717) is 18.4 Å². The number of aliphatic carboxylic acids is 1. The summed E-state index contributed by atoms with van der Waals surface area (Å²) in [5.41, 5.74) is 0.295. The van der Waals surface area contributed by atoms with Gasteiger partial charge >= 0.3 is 11.9 Å². The summed E-state index contributed by atoms with van der Waals surface area (Å²) in [4.78, 5) is 22.6. The van der Waals surface area contributed by atoms with Gasteiger partial charge in [0.1, 0.15) is 11.6 Å². The molecule has 0 radical (unpaired) electrons. The monoisotopic (exact) mass is 237 g/mol. The Balaban J connectivity index is 3.07. The van der Waals surface area contributed by atoms with E-state index in [1.807, 2.05) is 0 Å². The van der Waals surface area contributed by atoms with Gasteiger partial charge in [0.15, 0.2) is 0 Å². The topological polar surface area (TPSA) is 87.4 Å². The molecule has 1 rings (SSSR count). The number of hydrogen-bond donors (Lipinski definition) is 1. The van der Waals surface area contributed by atoms with Crippen molar-refractivity contribution in [3.05, 3.63) is 11.1 Å². The molecule has 0 spiro atoms. The molecule has 1 N–H and O–H groups in total. The van der Waals surface area contributed by atoms with Crippen molar-refractivity contribution in [1.82, 2.24) is 0 Å². The van der Waals surface area contributed by atoms with Gasteiger partial charge in [-0.2, -0.15) is 5.26 Å². The van der Waals surface area contributed by atoms with Gasteiger partial charge in [-0.25, -0.2) is 4.79 Å². The summed E-state index contributed by atoms with van der Waals surface area (Å²) in [6.45, 7) is 1.82. The molecule has 0 aliphatic heterocycles. The number of ether oxygens (including phenoxy) is 1. The highest BCUT2D eigenvalue weighted by atomic mass is 16.5. The maximum Gasteiger partial charge on any atom is 0.348 e. The number of carboxylic acids is 1. The van der Waals surface area contributed by atoms with Crippen molar-refractivity contribution in [1.29, 1.82) is 5.26 Å². The van der Waals surface area contributed by atoms with Crippen molar-refractivity contribution < 1.29 is 19.4 Å². The summed E-state index contributed by atoms with van der Waals surface area (Å²) >= 11 is 0. The average molecular weight is 237 g/mol. The Hall–Kier alpha value is -1.83. The van der Waals surface area contributed by atoms with E-state index in [-0.39, 0.29) is 12.2 Å². The fourth-order valence-corrected chi connectivity index (χ4v) is 2.04. The van der Waals surface area contributed by atoms with Crippen LogP contribution in [0.5, 0.6) is 0 Å². The van der Waals surface area contributed by atoms with E-state index in [9.17, 15) is 9.59 Å². The zero-order chi connectivity index (χ0) is 12.8. The van der Waals surface area contributed by atoms with Crippen molar-refractivity contribution in [2.75, 3.05) is 6.61 Å². The fraction of sp³-hybridized carbons (Fsp3) is 0.583. The van der Waals surface area contributed by atoms with Gasteiger partial charge in [0.2, 0.25) is 0 Å². The third kappa shape index (κ3) is 3.06. The van der Waals surface area contributed by atoms with Crippen LogP contribution in [0.1, 0.15) is 32.6 Å². The molecular formula is C12H15NO4. The predicted octanol–water partition coefficient (Wildman–Crippen LogP) is 1.64. The first-order chi connectivity index (χ1) is 8.11. The molecule has 1 saturated carbocycles. The van der Waals surface area contributed by atoms with Crippen molar-refractivity contribution in [2.24, 2.45) is 5.92 Å². The molecule has 0 amide bonds. The molecule has 0 heterocycles. The van der Waals surface area contributed by atoms with Gasteiger partial charge < -0.3 is 9.84 Å².